The van der Waals surface area contributed by atoms with Crippen molar-refractivity contribution in [3.63, 3.8) is 0 Å². The molecule has 0 radical (unpaired) electrons. The molecule has 7 heteroatoms. The molecule has 2 atom stereocenters. The first-order valence-corrected chi connectivity index (χ1v) is 11.3. The maximum atomic E-state index is 13.7. The van der Waals surface area contributed by atoms with E-state index in [1.165, 1.54) is 12.1 Å². The molecule has 4 aliphatic rings. The summed E-state index contributed by atoms with van der Waals surface area (Å²) in [7, 11) is 1.59. The van der Waals surface area contributed by atoms with Gasteiger partial charge in [0.15, 0.2) is 0 Å². The zero-order chi connectivity index (χ0) is 22.2. The monoisotopic (exact) mass is 437 g/mol. The fraction of sp³-hybridized carbons (Fsp3) is 0.440. The Kier molecular flexibility index (Phi) is 5.59. The number of carbonyl (C=O) groups is 2. The molecule has 0 saturated carbocycles. The van der Waals surface area contributed by atoms with Crippen molar-refractivity contribution >= 4 is 12.0 Å². The summed E-state index contributed by atoms with van der Waals surface area (Å²) in [5.41, 5.74) is 3.30. The molecule has 2 aromatic rings. The maximum absolute atomic E-state index is 13.7. The van der Waals surface area contributed by atoms with Crippen molar-refractivity contribution in [1.82, 2.24) is 15.1 Å². The van der Waals surface area contributed by atoms with Crippen LogP contribution in [0.5, 0.6) is 0 Å². The van der Waals surface area contributed by atoms with Crippen LogP contribution in [0.15, 0.2) is 42.5 Å². The van der Waals surface area contributed by atoms with Gasteiger partial charge in [0.2, 0.25) is 0 Å². The molecule has 0 aromatic heterocycles. The highest BCUT2D eigenvalue weighted by Crippen LogP contribution is 2.37. The summed E-state index contributed by atoms with van der Waals surface area (Å²) < 4.78 is 19.7. The van der Waals surface area contributed by atoms with E-state index in [4.69, 9.17) is 4.74 Å². The van der Waals surface area contributed by atoms with Gasteiger partial charge in [0.25, 0.3) is 5.91 Å². The lowest BCUT2D eigenvalue weighted by Crippen LogP contribution is -2.53. The summed E-state index contributed by atoms with van der Waals surface area (Å²) in [6.45, 7) is 3.46. The number of nitrogens with zero attached hydrogens (tertiary/aromatic N) is 2. The van der Waals surface area contributed by atoms with Gasteiger partial charge in [-0.25, -0.2) is 9.18 Å². The van der Waals surface area contributed by atoms with E-state index in [1.54, 1.807) is 30.1 Å². The van der Waals surface area contributed by atoms with Crippen molar-refractivity contribution in [2.75, 3.05) is 33.2 Å². The molecule has 4 aliphatic heterocycles. The van der Waals surface area contributed by atoms with E-state index in [-0.39, 0.29) is 23.9 Å². The summed E-state index contributed by atoms with van der Waals surface area (Å²) >= 11 is 0. The normalized spacial score (nSPS) is 26.4. The SMILES string of the molecule is CNC(=O)c1ccc2c(c1)[C@@H](c1ccc(F)cc1)N(C(=O)O[C@@H]1CN3CCC1CC3)CC2. The van der Waals surface area contributed by atoms with Crippen LogP contribution in [-0.2, 0) is 11.2 Å². The van der Waals surface area contributed by atoms with Crippen molar-refractivity contribution in [3.8, 4) is 0 Å². The van der Waals surface area contributed by atoms with Crippen LogP contribution >= 0.6 is 0 Å². The van der Waals surface area contributed by atoms with Crippen LogP contribution in [0.1, 0.15) is 45.9 Å². The van der Waals surface area contributed by atoms with Crippen LogP contribution in [0.25, 0.3) is 0 Å². The van der Waals surface area contributed by atoms with E-state index < -0.39 is 6.04 Å². The fourth-order valence-corrected chi connectivity index (χ4v) is 5.34. The first-order valence-electron chi connectivity index (χ1n) is 11.3. The van der Waals surface area contributed by atoms with Gasteiger partial charge >= 0.3 is 6.09 Å². The maximum Gasteiger partial charge on any atom is 0.410 e. The molecule has 6 nitrogen and oxygen atoms in total. The summed E-state index contributed by atoms with van der Waals surface area (Å²) in [5, 5.41) is 2.66. The number of carbonyl (C=O) groups excluding carboxylic acids is 2. The van der Waals surface area contributed by atoms with Gasteiger partial charge in [0.05, 0.1) is 6.04 Å². The zero-order valence-corrected chi connectivity index (χ0v) is 18.2. The average Bonchev–Trinajstić information content (AvgIpc) is 2.83. The standard InChI is InChI=1S/C25H28FN3O3/c1-27-24(30)19-3-2-16-10-13-29(23(21(16)14-19)18-4-6-20(26)7-5-18)25(31)32-22-15-28-11-8-17(22)9-12-28/h2-7,14,17,22-23H,8-13,15H2,1H3,(H,27,30)/t22-,23-/m1/s1. The number of amides is 2. The van der Waals surface area contributed by atoms with Crippen LogP contribution in [0.3, 0.4) is 0 Å². The molecule has 32 heavy (non-hydrogen) atoms. The van der Waals surface area contributed by atoms with Gasteiger partial charge < -0.3 is 10.1 Å². The predicted molar refractivity (Wildman–Crippen MR) is 118 cm³/mol. The molecule has 4 heterocycles. The Hall–Kier alpha value is -2.93. The third-order valence-corrected chi connectivity index (χ3v) is 7.13. The molecule has 3 fully saturated rings. The third kappa shape index (κ3) is 3.86. The molecule has 1 N–H and O–H groups in total. The molecule has 0 aliphatic carbocycles. The van der Waals surface area contributed by atoms with Crippen LogP contribution < -0.4 is 5.32 Å². The molecule has 2 amide bonds. The second-order valence-electron chi connectivity index (χ2n) is 8.95. The van der Waals surface area contributed by atoms with Crippen molar-refractivity contribution in [1.29, 1.82) is 0 Å². The minimum atomic E-state index is -0.433. The number of ether oxygens (including phenoxy) is 1. The van der Waals surface area contributed by atoms with E-state index in [2.05, 4.69) is 10.2 Å². The van der Waals surface area contributed by atoms with E-state index in [1.807, 2.05) is 12.1 Å². The van der Waals surface area contributed by atoms with Crippen LogP contribution in [0, 0.1) is 11.7 Å². The molecular weight excluding hydrogens is 409 g/mol. The number of benzene rings is 2. The Morgan fingerprint density at radius 1 is 1.06 bits per heavy atom. The lowest BCUT2D eigenvalue weighted by Gasteiger charge is -2.45. The average molecular weight is 438 g/mol. The number of hydrogen-bond donors (Lipinski definition) is 1. The van der Waals surface area contributed by atoms with Gasteiger partial charge in [0.1, 0.15) is 11.9 Å². The molecule has 3 saturated heterocycles. The Morgan fingerprint density at radius 3 is 2.47 bits per heavy atom. The highest BCUT2D eigenvalue weighted by molar-refractivity contribution is 5.94. The van der Waals surface area contributed by atoms with Gasteiger partial charge in [-0.05, 0) is 79.2 Å². The number of nitrogens with one attached hydrogen (secondary N) is 1. The number of rotatable bonds is 3. The van der Waals surface area contributed by atoms with Crippen LogP contribution in [0.4, 0.5) is 9.18 Å². The first kappa shape index (κ1) is 20.9. The molecule has 0 spiro atoms. The predicted octanol–water partition coefficient (Wildman–Crippen LogP) is 3.36. The Bertz CT molecular complexity index is 1020. The molecule has 6 rings (SSSR count). The zero-order valence-electron chi connectivity index (χ0n) is 18.2. The minimum Gasteiger partial charge on any atom is -0.444 e. The van der Waals surface area contributed by atoms with Crippen molar-refractivity contribution in [3.05, 3.63) is 70.5 Å². The molecule has 0 unspecified atom stereocenters. The van der Waals surface area contributed by atoms with Gasteiger partial charge in [-0.2, -0.15) is 0 Å². The van der Waals surface area contributed by atoms with Gasteiger partial charge in [0, 0.05) is 25.7 Å². The van der Waals surface area contributed by atoms with Crippen molar-refractivity contribution in [2.24, 2.45) is 5.92 Å². The highest BCUT2D eigenvalue weighted by atomic mass is 19.1. The quantitative estimate of drug-likeness (QED) is 0.800. The summed E-state index contributed by atoms with van der Waals surface area (Å²) in [6, 6.07) is 11.4. The number of piperidine rings is 3. The lowest BCUT2D eigenvalue weighted by atomic mass is 9.85. The summed E-state index contributed by atoms with van der Waals surface area (Å²) in [4.78, 5) is 29.8. The van der Waals surface area contributed by atoms with E-state index in [9.17, 15) is 14.0 Å². The van der Waals surface area contributed by atoms with Crippen LogP contribution in [-0.4, -0.2) is 61.1 Å². The summed E-state index contributed by atoms with van der Waals surface area (Å²) in [6.07, 6.45) is 2.39. The van der Waals surface area contributed by atoms with Crippen molar-refractivity contribution < 1.29 is 18.7 Å². The lowest BCUT2D eigenvalue weighted by molar-refractivity contribution is -0.0462. The van der Waals surface area contributed by atoms with E-state index >= 15 is 0 Å². The summed E-state index contributed by atoms with van der Waals surface area (Å²) in [5.74, 6) is -0.0897. The van der Waals surface area contributed by atoms with E-state index in [0.29, 0.717) is 24.4 Å². The fourth-order valence-electron chi connectivity index (χ4n) is 5.34. The van der Waals surface area contributed by atoms with E-state index in [0.717, 1.165) is 49.2 Å². The Morgan fingerprint density at radius 2 is 1.81 bits per heavy atom. The second kappa shape index (κ2) is 8.54. The topological polar surface area (TPSA) is 61.9 Å². The molecule has 2 bridgehead atoms. The highest BCUT2D eigenvalue weighted by Gasteiger charge is 2.39. The smallest absolute Gasteiger partial charge is 0.410 e. The van der Waals surface area contributed by atoms with Gasteiger partial charge in [-0.3, -0.25) is 14.6 Å². The number of hydrogen-bond acceptors (Lipinski definition) is 4. The molecule has 2 aromatic carbocycles. The number of halogens is 1. The van der Waals surface area contributed by atoms with Gasteiger partial charge in [-0.1, -0.05) is 18.2 Å². The first-order chi connectivity index (χ1) is 15.5. The third-order valence-electron chi connectivity index (χ3n) is 7.13. The van der Waals surface area contributed by atoms with Crippen LogP contribution in [0.2, 0.25) is 0 Å². The Balaban J connectivity index is 1.48. The van der Waals surface area contributed by atoms with Gasteiger partial charge in [-0.15, -0.1) is 0 Å². The Labute approximate surface area is 187 Å². The number of fused-ring (bicyclic) bond motifs is 4. The largest absolute Gasteiger partial charge is 0.444 e. The molecule has 168 valence electrons. The minimum absolute atomic E-state index is 0.0857. The van der Waals surface area contributed by atoms with Crippen molar-refractivity contribution in [2.45, 2.75) is 31.4 Å². The second-order valence-corrected chi connectivity index (χ2v) is 8.95. The molecular formula is C25H28FN3O3.